The number of aromatic nitrogens is 2. The van der Waals surface area contributed by atoms with Crippen molar-refractivity contribution in [2.45, 2.75) is 5.16 Å². The number of fused-ring (bicyclic) bond motifs is 1. The van der Waals surface area contributed by atoms with E-state index in [2.05, 4.69) is 4.98 Å². The molecule has 3 rings (SSSR count). The Bertz CT molecular complexity index is 777. The van der Waals surface area contributed by atoms with Crippen molar-refractivity contribution >= 4 is 21.5 Å². The maximum atomic E-state index is 11.1. The summed E-state index contributed by atoms with van der Waals surface area (Å²) in [5.74, 6) is 0. The fourth-order valence-electron chi connectivity index (χ4n) is 2.04. The van der Waals surface area contributed by atoms with E-state index < -0.39 is 10.7 Å². The minimum Gasteiger partial charge on any atom is -0.290 e. The van der Waals surface area contributed by atoms with Crippen LogP contribution in [0.1, 0.15) is 0 Å². The Labute approximate surface area is 105 Å². The Morgan fingerprint density at radius 2 is 1.78 bits per heavy atom. The second kappa shape index (κ2) is 4.27. The number of benzene rings is 2. The van der Waals surface area contributed by atoms with Crippen molar-refractivity contribution in [1.29, 1.82) is 0 Å². The minimum absolute atomic E-state index is 0.0568. The third kappa shape index (κ3) is 1.69. The molecule has 5 heteroatoms. The molecule has 0 saturated heterocycles. The number of rotatable bonds is 2. The van der Waals surface area contributed by atoms with E-state index in [4.69, 9.17) is 0 Å². The van der Waals surface area contributed by atoms with Crippen LogP contribution >= 0.6 is 0 Å². The predicted molar refractivity (Wildman–Crippen MR) is 69.7 cm³/mol. The molecule has 0 amide bonds. The Morgan fingerprint density at radius 1 is 1.00 bits per heavy atom. The van der Waals surface area contributed by atoms with Crippen LogP contribution in [-0.2, 0) is 10.7 Å². The van der Waals surface area contributed by atoms with Crippen LogP contribution < -0.4 is 0 Å². The fourth-order valence-corrected chi connectivity index (χ4v) is 2.55. The molecule has 18 heavy (non-hydrogen) atoms. The first kappa shape index (κ1) is 11.0. The summed E-state index contributed by atoms with van der Waals surface area (Å²) in [6, 6.07) is 13.6. The Morgan fingerprint density at radius 3 is 2.61 bits per heavy atom. The van der Waals surface area contributed by atoms with Crippen LogP contribution in [0.25, 0.3) is 16.5 Å². The van der Waals surface area contributed by atoms with Crippen molar-refractivity contribution in [3.8, 4) is 5.69 Å². The second-order valence-corrected chi connectivity index (χ2v) is 4.77. The molecule has 2 aromatic carbocycles. The van der Waals surface area contributed by atoms with Crippen LogP contribution in [0.15, 0.2) is 60.0 Å². The molecule has 4 nitrogen and oxygen atoms in total. The molecule has 0 bridgehead atoms. The molecule has 0 radical (unpaired) electrons. The van der Waals surface area contributed by atoms with Crippen molar-refractivity contribution in [3.63, 3.8) is 0 Å². The Balaban J connectivity index is 2.35. The number of thiol groups is 1. The number of hydrogen-bond acceptors (Lipinski definition) is 3. The highest BCUT2D eigenvalue weighted by molar-refractivity contribution is 7.72. The second-order valence-electron chi connectivity index (χ2n) is 3.85. The maximum Gasteiger partial charge on any atom is 0.229 e. The molecular formula is C13H10N2O2S. The summed E-state index contributed by atoms with van der Waals surface area (Å²) in [4.78, 5) is 3.87. The van der Waals surface area contributed by atoms with Crippen LogP contribution in [0.2, 0.25) is 0 Å². The van der Waals surface area contributed by atoms with Crippen LogP contribution in [-0.4, -0.2) is 18.0 Å². The molecule has 0 aliphatic heterocycles. The van der Waals surface area contributed by atoms with Gasteiger partial charge in [-0.1, -0.05) is 36.4 Å². The average Bonchev–Trinajstić information content (AvgIpc) is 2.87. The number of imidazole rings is 1. The molecule has 1 heterocycles. The van der Waals surface area contributed by atoms with Gasteiger partial charge in [0.1, 0.15) is 0 Å². The highest BCUT2D eigenvalue weighted by Crippen LogP contribution is 2.23. The largest absolute Gasteiger partial charge is 0.290 e. The van der Waals surface area contributed by atoms with Crippen molar-refractivity contribution in [1.82, 2.24) is 9.55 Å². The van der Waals surface area contributed by atoms with E-state index in [9.17, 15) is 8.42 Å². The molecule has 0 spiro atoms. The van der Waals surface area contributed by atoms with Crippen molar-refractivity contribution in [2.75, 3.05) is 0 Å². The molecule has 0 fully saturated rings. The molecule has 0 N–H and O–H groups in total. The lowest BCUT2D eigenvalue weighted by molar-refractivity contribution is 0.604. The van der Waals surface area contributed by atoms with Gasteiger partial charge >= 0.3 is 0 Å². The summed E-state index contributed by atoms with van der Waals surface area (Å²) in [6.07, 6.45) is 3.14. The molecule has 0 aliphatic rings. The van der Waals surface area contributed by atoms with Gasteiger partial charge in [0.2, 0.25) is 15.9 Å². The van der Waals surface area contributed by atoms with Gasteiger partial charge in [0.25, 0.3) is 0 Å². The summed E-state index contributed by atoms with van der Waals surface area (Å²) in [5.41, 5.74) is 0.819. The summed E-state index contributed by atoms with van der Waals surface area (Å²) >= 11 is 0. The van der Waals surface area contributed by atoms with E-state index in [1.807, 2.05) is 42.5 Å². The third-order valence-electron chi connectivity index (χ3n) is 2.81. The van der Waals surface area contributed by atoms with E-state index in [-0.39, 0.29) is 5.16 Å². The van der Waals surface area contributed by atoms with E-state index >= 15 is 0 Å². The van der Waals surface area contributed by atoms with E-state index in [0.29, 0.717) is 0 Å². The summed E-state index contributed by atoms with van der Waals surface area (Å²) in [7, 11) is -2.71. The van der Waals surface area contributed by atoms with Crippen molar-refractivity contribution in [2.24, 2.45) is 0 Å². The van der Waals surface area contributed by atoms with Gasteiger partial charge in [-0.3, -0.25) is 4.57 Å². The SMILES string of the molecule is O=[SH](=O)c1nccn1-c1cccc2ccccc12. The summed E-state index contributed by atoms with van der Waals surface area (Å²) in [6.45, 7) is 0. The summed E-state index contributed by atoms with van der Waals surface area (Å²) < 4.78 is 23.9. The quantitative estimate of drug-likeness (QED) is 0.715. The van der Waals surface area contributed by atoms with Gasteiger partial charge in [-0.05, 0) is 11.5 Å². The zero-order valence-electron chi connectivity index (χ0n) is 9.35. The first-order chi connectivity index (χ1) is 8.77. The lowest BCUT2D eigenvalue weighted by Gasteiger charge is -2.08. The lowest BCUT2D eigenvalue weighted by atomic mass is 10.1. The van der Waals surface area contributed by atoms with Crippen molar-refractivity contribution in [3.05, 3.63) is 54.9 Å². The van der Waals surface area contributed by atoms with Gasteiger partial charge in [-0.25, -0.2) is 13.4 Å². The van der Waals surface area contributed by atoms with Crippen LogP contribution in [0.3, 0.4) is 0 Å². The molecule has 0 aliphatic carbocycles. The monoisotopic (exact) mass is 258 g/mol. The van der Waals surface area contributed by atoms with E-state index in [1.165, 1.54) is 6.20 Å². The zero-order valence-corrected chi connectivity index (χ0v) is 10.2. The van der Waals surface area contributed by atoms with Crippen molar-refractivity contribution < 1.29 is 8.42 Å². The van der Waals surface area contributed by atoms with Gasteiger partial charge in [0.15, 0.2) is 0 Å². The fraction of sp³-hybridized carbons (Fsp3) is 0. The zero-order chi connectivity index (χ0) is 12.5. The first-order valence-corrected chi connectivity index (χ1v) is 6.61. The number of hydrogen-bond donors (Lipinski definition) is 1. The Hall–Kier alpha value is -2.14. The van der Waals surface area contributed by atoms with E-state index in [1.54, 1.807) is 10.8 Å². The molecular weight excluding hydrogens is 248 g/mol. The molecule has 1 aromatic heterocycles. The first-order valence-electron chi connectivity index (χ1n) is 5.43. The predicted octanol–water partition coefficient (Wildman–Crippen LogP) is 2.00. The third-order valence-corrected chi connectivity index (χ3v) is 3.47. The average molecular weight is 258 g/mol. The van der Waals surface area contributed by atoms with Gasteiger partial charge in [0, 0.05) is 17.8 Å². The minimum atomic E-state index is -2.71. The highest BCUT2D eigenvalue weighted by atomic mass is 32.2. The van der Waals surface area contributed by atoms with Crippen LogP contribution in [0.5, 0.6) is 0 Å². The Kier molecular flexibility index (Phi) is 2.60. The topological polar surface area (TPSA) is 52.0 Å². The number of nitrogens with zero attached hydrogens (tertiary/aromatic N) is 2. The van der Waals surface area contributed by atoms with Gasteiger partial charge in [-0.15, -0.1) is 0 Å². The highest BCUT2D eigenvalue weighted by Gasteiger charge is 2.09. The molecule has 0 atom stereocenters. The van der Waals surface area contributed by atoms with Gasteiger partial charge < -0.3 is 0 Å². The maximum absolute atomic E-state index is 11.1. The van der Waals surface area contributed by atoms with E-state index in [0.717, 1.165) is 16.5 Å². The van der Waals surface area contributed by atoms with Gasteiger partial charge in [0.05, 0.1) is 5.69 Å². The molecule has 0 saturated carbocycles. The normalized spacial score (nSPS) is 11.2. The smallest absolute Gasteiger partial charge is 0.229 e. The molecule has 3 aromatic rings. The molecule has 90 valence electrons. The molecule has 0 unspecified atom stereocenters. The van der Waals surface area contributed by atoms with Gasteiger partial charge in [-0.2, -0.15) is 0 Å². The standard InChI is InChI=1S/C13H10N2O2S/c16-18(17)13-14-8-9-15(13)12-7-3-5-10-4-1-2-6-11(10)12/h1-9,18H. The lowest BCUT2D eigenvalue weighted by Crippen LogP contribution is -1.99. The van der Waals surface area contributed by atoms with Crippen LogP contribution in [0, 0.1) is 0 Å². The van der Waals surface area contributed by atoms with Crippen LogP contribution in [0.4, 0.5) is 0 Å². The summed E-state index contributed by atoms with van der Waals surface area (Å²) in [5, 5.41) is 2.12.